The minimum Gasteiger partial charge on any atom is -0.466 e. The maximum absolute atomic E-state index is 11.7. The Hall–Kier alpha value is -1.36. The van der Waals surface area contributed by atoms with Crippen molar-refractivity contribution in [1.82, 2.24) is 10.2 Å². The molecule has 98 valence electrons. The van der Waals surface area contributed by atoms with Gasteiger partial charge in [-0.1, -0.05) is 11.6 Å². The Morgan fingerprint density at radius 1 is 1.56 bits per heavy atom. The van der Waals surface area contributed by atoms with Gasteiger partial charge >= 0.3 is 5.97 Å². The summed E-state index contributed by atoms with van der Waals surface area (Å²) in [6, 6.07) is 3.53. The largest absolute Gasteiger partial charge is 0.466 e. The van der Waals surface area contributed by atoms with E-state index in [-0.39, 0.29) is 11.9 Å². The van der Waals surface area contributed by atoms with Gasteiger partial charge in [0, 0.05) is 13.1 Å². The summed E-state index contributed by atoms with van der Waals surface area (Å²) >= 11 is 5.70. The van der Waals surface area contributed by atoms with Gasteiger partial charge in [0.25, 0.3) is 0 Å². The normalized spacial score (nSPS) is 19.7. The van der Waals surface area contributed by atoms with Gasteiger partial charge in [0.1, 0.15) is 0 Å². The molecule has 0 bridgehead atoms. The van der Waals surface area contributed by atoms with Crippen LogP contribution >= 0.6 is 11.6 Å². The third-order valence-electron chi connectivity index (χ3n) is 2.98. The molecule has 0 spiro atoms. The molecule has 1 aliphatic heterocycles. The summed E-state index contributed by atoms with van der Waals surface area (Å²) in [6.45, 7) is 3.76. The van der Waals surface area contributed by atoms with Gasteiger partial charge in [0.15, 0.2) is 11.0 Å². The zero-order valence-corrected chi connectivity index (χ0v) is 11.1. The fraction of sp³-hybridized carbons (Fsp3) is 0.583. The van der Waals surface area contributed by atoms with Crippen LogP contribution in [0.1, 0.15) is 19.8 Å². The second-order valence-corrected chi connectivity index (χ2v) is 4.64. The molecule has 2 heterocycles. The van der Waals surface area contributed by atoms with Gasteiger partial charge in [-0.25, -0.2) is 0 Å². The SMILES string of the molecule is CCOC(=O)C1CCCN(c2ccc(Cl)nn2)C1. The van der Waals surface area contributed by atoms with Crippen LogP contribution in [0.3, 0.4) is 0 Å². The predicted molar refractivity (Wildman–Crippen MR) is 68.6 cm³/mol. The number of rotatable bonds is 3. The average Bonchev–Trinajstić information content (AvgIpc) is 2.40. The molecular formula is C12H16ClN3O2. The highest BCUT2D eigenvalue weighted by Gasteiger charge is 2.27. The molecule has 1 aromatic rings. The summed E-state index contributed by atoms with van der Waals surface area (Å²) in [5, 5.41) is 8.22. The van der Waals surface area contributed by atoms with E-state index in [9.17, 15) is 4.79 Å². The van der Waals surface area contributed by atoms with Gasteiger partial charge in [0.05, 0.1) is 12.5 Å². The number of hydrogen-bond acceptors (Lipinski definition) is 5. The summed E-state index contributed by atoms with van der Waals surface area (Å²) in [7, 11) is 0. The molecule has 1 aliphatic rings. The van der Waals surface area contributed by atoms with Crippen molar-refractivity contribution >= 4 is 23.4 Å². The van der Waals surface area contributed by atoms with E-state index >= 15 is 0 Å². The van der Waals surface area contributed by atoms with Crippen LogP contribution in [0, 0.1) is 5.92 Å². The molecule has 1 saturated heterocycles. The maximum atomic E-state index is 11.7. The third-order valence-corrected chi connectivity index (χ3v) is 3.18. The second kappa shape index (κ2) is 6.00. The summed E-state index contributed by atoms with van der Waals surface area (Å²) in [6.07, 6.45) is 1.82. The number of carbonyl (C=O) groups is 1. The van der Waals surface area contributed by atoms with Crippen LogP contribution in [0.15, 0.2) is 12.1 Å². The molecule has 6 heteroatoms. The van der Waals surface area contributed by atoms with E-state index in [1.54, 1.807) is 6.07 Å². The van der Waals surface area contributed by atoms with E-state index in [2.05, 4.69) is 15.1 Å². The Kier molecular flexibility index (Phi) is 4.36. The van der Waals surface area contributed by atoms with Crippen LogP contribution in [0.4, 0.5) is 5.82 Å². The zero-order valence-electron chi connectivity index (χ0n) is 10.3. The number of anilines is 1. The number of piperidine rings is 1. The summed E-state index contributed by atoms with van der Waals surface area (Å²) in [5.74, 6) is 0.564. The van der Waals surface area contributed by atoms with E-state index < -0.39 is 0 Å². The Balaban J connectivity index is 2.02. The van der Waals surface area contributed by atoms with E-state index in [4.69, 9.17) is 16.3 Å². The Morgan fingerprint density at radius 3 is 3.06 bits per heavy atom. The van der Waals surface area contributed by atoms with Crippen LogP contribution in [0.25, 0.3) is 0 Å². The fourth-order valence-corrected chi connectivity index (χ4v) is 2.22. The molecule has 1 unspecified atom stereocenters. The van der Waals surface area contributed by atoms with Crippen molar-refractivity contribution < 1.29 is 9.53 Å². The Morgan fingerprint density at radius 2 is 2.39 bits per heavy atom. The second-order valence-electron chi connectivity index (χ2n) is 4.25. The summed E-state index contributed by atoms with van der Waals surface area (Å²) < 4.78 is 5.06. The molecule has 2 rings (SSSR count). The lowest BCUT2D eigenvalue weighted by Gasteiger charge is -2.31. The molecule has 0 radical (unpaired) electrons. The van der Waals surface area contributed by atoms with Gasteiger partial charge in [-0.05, 0) is 31.9 Å². The number of ether oxygens (including phenoxy) is 1. The van der Waals surface area contributed by atoms with Gasteiger partial charge in [0.2, 0.25) is 0 Å². The highest BCUT2D eigenvalue weighted by molar-refractivity contribution is 6.29. The van der Waals surface area contributed by atoms with Gasteiger partial charge in [-0.15, -0.1) is 10.2 Å². The summed E-state index contributed by atoms with van der Waals surface area (Å²) in [4.78, 5) is 13.8. The first-order chi connectivity index (χ1) is 8.70. The van der Waals surface area contributed by atoms with Crippen LogP contribution in [0.2, 0.25) is 5.15 Å². The van der Waals surface area contributed by atoms with Crippen LogP contribution in [-0.4, -0.2) is 35.9 Å². The molecule has 1 atom stereocenters. The molecule has 0 saturated carbocycles. The molecule has 0 amide bonds. The Bertz CT molecular complexity index is 410. The number of hydrogen-bond donors (Lipinski definition) is 0. The van der Waals surface area contributed by atoms with Crippen molar-refractivity contribution in [2.75, 3.05) is 24.6 Å². The van der Waals surface area contributed by atoms with Gasteiger partial charge < -0.3 is 9.64 Å². The van der Waals surface area contributed by atoms with Crippen molar-refractivity contribution in [3.05, 3.63) is 17.3 Å². The van der Waals surface area contributed by atoms with Gasteiger partial charge in [-0.3, -0.25) is 4.79 Å². The van der Waals surface area contributed by atoms with Crippen molar-refractivity contribution in [3.8, 4) is 0 Å². The molecule has 5 nitrogen and oxygen atoms in total. The van der Waals surface area contributed by atoms with Crippen molar-refractivity contribution in [1.29, 1.82) is 0 Å². The van der Waals surface area contributed by atoms with Crippen LogP contribution < -0.4 is 4.90 Å². The number of halogens is 1. The zero-order chi connectivity index (χ0) is 13.0. The molecule has 0 aliphatic carbocycles. The highest BCUT2D eigenvalue weighted by atomic mass is 35.5. The average molecular weight is 270 g/mol. The number of nitrogens with zero attached hydrogens (tertiary/aromatic N) is 3. The van der Waals surface area contributed by atoms with E-state index in [1.165, 1.54) is 0 Å². The van der Waals surface area contributed by atoms with E-state index in [0.29, 0.717) is 18.3 Å². The van der Waals surface area contributed by atoms with Crippen molar-refractivity contribution in [2.45, 2.75) is 19.8 Å². The first-order valence-corrected chi connectivity index (χ1v) is 6.49. The lowest BCUT2D eigenvalue weighted by atomic mass is 9.98. The topological polar surface area (TPSA) is 55.3 Å². The molecule has 18 heavy (non-hydrogen) atoms. The molecule has 1 fully saturated rings. The lowest BCUT2D eigenvalue weighted by Crippen LogP contribution is -2.39. The number of esters is 1. The fourth-order valence-electron chi connectivity index (χ4n) is 2.12. The molecule has 1 aromatic heterocycles. The predicted octanol–water partition coefficient (Wildman–Crippen LogP) is 1.91. The smallest absolute Gasteiger partial charge is 0.310 e. The quantitative estimate of drug-likeness (QED) is 0.785. The number of carbonyl (C=O) groups excluding carboxylic acids is 1. The maximum Gasteiger partial charge on any atom is 0.310 e. The minimum absolute atomic E-state index is 0.0730. The van der Waals surface area contributed by atoms with Crippen LogP contribution in [-0.2, 0) is 9.53 Å². The third kappa shape index (κ3) is 3.10. The van der Waals surface area contributed by atoms with Crippen LogP contribution in [0.5, 0.6) is 0 Å². The molecule has 0 aromatic carbocycles. The van der Waals surface area contributed by atoms with Gasteiger partial charge in [-0.2, -0.15) is 0 Å². The van der Waals surface area contributed by atoms with Crippen molar-refractivity contribution in [2.24, 2.45) is 5.92 Å². The number of aromatic nitrogens is 2. The summed E-state index contributed by atoms with van der Waals surface area (Å²) in [5.41, 5.74) is 0. The lowest BCUT2D eigenvalue weighted by molar-refractivity contribution is -0.148. The van der Waals surface area contributed by atoms with E-state index in [0.717, 1.165) is 25.2 Å². The molecular weight excluding hydrogens is 254 g/mol. The molecule has 0 N–H and O–H groups in total. The van der Waals surface area contributed by atoms with Crippen molar-refractivity contribution in [3.63, 3.8) is 0 Å². The van der Waals surface area contributed by atoms with E-state index in [1.807, 2.05) is 13.0 Å². The first-order valence-electron chi connectivity index (χ1n) is 6.11. The highest BCUT2D eigenvalue weighted by Crippen LogP contribution is 2.22. The Labute approximate surface area is 111 Å². The minimum atomic E-state index is -0.121. The first kappa shape index (κ1) is 13.1. The monoisotopic (exact) mass is 269 g/mol. The standard InChI is InChI=1S/C12H16ClN3O2/c1-2-18-12(17)9-4-3-7-16(8-9)11-6-5-10(13)14-15-11/h5-6,9H,2-4,7-8H2,1H3.